The van der Waals surface area contributed by atoms with E-state index in [0.29, 0.717) is 19.0 Å². The van der Waals surface area contributed by atoms with Gasteiger partial charge in [0.25, 0.3) is 5.91 Å². The summed E-state index contributed by atoms with van der Waals surface area (Å²) in [5.41, 5.74) is 0.905. The predicted octanol–water partition coefficient (Wildman–Crippen LogP) is 0.291. The lowest BCUT2D eigenvalue weighted by atomic mass is 10.1. The summed E-state index contributed by atoms with van der Waals surface area (Å²) >= 11 is 0. The topological polar surface area (TPSA) is 120 Å². The van der Waals surface area contributed by atoms with Crippen LogP contribution < -0.4 is 4.90 Å². The zero-order valence-corrected chi connectivity index (χ0v) is 15.3. The fourth-order valence-electron chi connectivity index (χ4n) is 3.37. The van der Waals surface area contributed by atoms with Crippen molar-refractivity contribution in [2.75, 3.05) is 31.3 Å². The molecular weight excluding hydrogens is 358 g/mol. The second-order valence-electron chi connectivity index (χ2n) is 6.58. The van der Waals surface area contributed by atoms with E-state index < -0.39 is 30.1 Å². The van der Waals surface area contributed by atoms with Crippen LogP contribution in [0.2, 0.25) is 0 Å². The van der Waals surface area contributed by atoms with Crippen molar-refractivity contribution in [2.24, 2.45) is 0 Å². The van der Waals surface area contributed by atoms with Gasteiger partial charge in [0, 0.05) is 31.9 Å². The van der Waals surface area contributed by atoms with Gasteiger partial charge in [-0.25, -0.2) is 4.79 Å². The largest absolute Gasteiger partial charge is 0.478 e. The minimum Gasteiger partial charge on any atom is -0.478 e. The Morgan fingerprint density at radius 1 is 1.33 bits per heavy atom. The van der Waals surface area contributed by atoms with Crippen LogP contribution in [0, 0.1) is 6.92 Å². The standard InChI is InChI=1S/C17H23N3O7/c1-10-9-13(18-20(10)12-3-6-25-7-4-12)19-5-8-26-14(16(19)22)15(17(23)24)27-11(2)21/h9,12,14-15H,3-8H2,1-2H3,(H,23,24)/t14?,15-/m1/s1. The van der Waals surface area contributed by atoms with Crippen molar-refractivity contribution in [1.29, 1.82) is 0 Å². The van der Waals surface area contributed by atoms with Gasteiger partial charge in [0.05, 0.1) is 19.2 Å². The fourth-order valence-corrected chi connectivity index (χ4v) is 3.37. The van der Waals surface area contributed by atoms with Crippen molar-refractivity contribution >= 4 is 23.7 Å². The third-order valence-corrected chi connectivity index (χ3v) is 4.66. The summed E-state index contributed by atoms with van der Waals surface area (Å²) < 4.78 is 17.4. The molecule has 1 amide bonds. The molecule has 0 spiro atoms. The number of aliphatic carboxylic acids is 1. The maximum atomic E-state index is 12.8. The molecule has 1 unspecified atom stereocenters. The van der Waals surface area contributed by atoms with Crippen molar-refractivity contribution in [3.63, 3.8) is 0 Å². The van der Waals surface area contributed by atoms with Crippen LogP contribution in [0.15, 0.2) is 6.07 Å². The Kier molecular flexibility index (Phi) is 5.76. The number of nitrogens with zero attached hydrogens (tertiary/aromatic N) is 3. The van der Waals surface area contributed by atoms with Gasteiger partial charge in [-0.3, -0.25) is 19.2 Å². The molecule has 0 aromatic carbocycles. The number of carboxylic acid groups (broad SMARTS) is 1. The van der Waals surface area contributed by atoms with E-state index in [-0.39, 0.29) is 19.2 Å². The highest BCUT2D eigenvalue weighted by molar-refractivity contribution is 6.00. The smallest absolute Gasteiger partial charge is 0.348 e. The van der Waals surface area contributed by atoms with Gasteiger partial charge in [-0.2, -0.15) is 5.10 Å². The second-order valence-corrected chi connectivity index (χ2v) is 6.58. The quantitative estimate of drug-likeness (QED) is 0.723. The molecule has 148 valence electrons. The summed E-state index contributed by atoms with van der Waals surface area (Å²) in [7, 11) is 0. The van der Waals surface area contributed by atoms with Crippen molar-refractivity contribution in [2.45, 2.75) is 44.9 Å². The lowest BCUT2D eigenvalue weighted by Gasteiger charge is -2.33. The average Bonchev–Trinajstić information content (AvgIpc) is 3.02. The number of hydrogen-bond donors (Lipinski definition) is 1. The van der Waals surface area contributed by atoms with Crippen LogP contribution in [0.5, 0.6) is 0 Å². The van der Waals surface area contributed by atoms with E-state index in [1.807, 2.05) is 11.6 Å². The zero-order chi connectivity index (χ0) is 19.6. The number of rotatable bonds is 5. The van der Waals surface area contributed by atoms with Crippen LogP contribution in [0.1, 0.15) is 31.5 Å². The van der Waals surface area contributed by atoms with E-state index in [9.17, 15) is 19.5 Å². The Morgan fingerprint density at radius 3 is 2.67 bits per heavy atom. The molecule has 2 atom stereocenters. The summed E-state index contributed by atoms with van der Waals surface area (Å²) in [4.78, 5) is 36.8. The summed E-state index contributed by atoms with van der Waals surface area (Å²) in [5.74, 6) is -2.39. The van der Waals surface area contributed by atoms with Crippen molar-refractivity contribution in [3.05, 3.63) is 11.8 Å². The summed E-state index contributed by atoms with van der Waals surface area (Å²) in [5, 5.41) is 13.9. The van der Waals surface area contributed by atoms with Gasteiger partial charge in [0.15, 0.2) is 11.9 Å². The maximum absolute atomic E-state index is 12.8. The Morgan fingerprint density at radius 2 is 2.04 bits per heavy atom. The van der Waals surface area contributed by atoms with Crippen LogP contribution in [-0.4, -0.2) is 71.3 Å². The number of amides is 1. The number of hydrogen-bond acceptors (Lipinski definition) is 7. The molecule has 1 N–H and O–H groups in total. The monoisotopic (exact) mass is 381 g/mol. The van der Waals surface area contributed by atoms with Crippen molar-refractivity contribution < 1.29 is 33.7 Å². The molecule has 2 fully saturated rings. The van der Waals surface area contributed by atoms with Gasteiger partial charge in [0.1, 0.15) is 0 Å². The molecular formula is C17H23N3O7. The Hall–Kier alpha value is -2.46. The van der Waals surface area contributed by atoms with E-state index in [2.05, 4.69) is 5.10 Å². The van der Waals surface area contributed by atoms with Gasteiger partial charge < -0.3 is 19.3 Å². The van der Waals surface area contributed by atoms with Gasteiger partial charge >= 0.3 is 11.9 Å². The first-order valence-electron chi connectivity index (χ1n) is 8.85. The van der Waals surface area contributed by atoms with Gasteiger partial charge in [-0.15, -0.1) is 0 Å². The third kappa shape index (κ3) is 4.11. The normalized spacial score (nSPS) is 22.5. The lowest BCUT2D eigenvalue weighted by Crippen LogP contribution is -2.55. The number of carbonyl (C=O) groups excluding carboxylic acids is 2. The van der Waals surface area contributed by atoms with E-state index in [4.69, 9.17) is 14.2 Å². The first-order valence-corrected chi connectivity index (χ1v) is 8.85. The average molecular weight is 381 g/mol. The molecule has 10 heteroatoms. The summed E-state index contributed by atoms with van der Waals surface area (Å²) in [6.45, 7) is 4.69. The van der Waals surface area contributed by atoms with Crippen molar-refractivity contribution in [1.82, 2.24) is 9.78 Å². The number of aromatic nitrogens is 2. The number of carboxylic acids is 1. The fraction of sp³-hybridized carbons (Fsp3) is 0.647. The van der Waals surface area contributed by atoms with Crippen LogP contribution in [-0.2, 0) is 28.6 Å². The van der Waals surface area contributed by atoms with Gasteiger partial charge in [-0.05, 0) is 19.8 Å². The molecule has 10 nitrogen and oxygen atoms in total. The van der Waals surface area contributed by atoms with Crippen molar-refractivity contribution in [3.8, 4) is 0 Å². The molecule has 2 saturated heterocycles. The number of esters is 1. The Balaban J connectivity index is 1.81. The van der Waals surface area contributed by atoms with Crippen LogP contribution in [0.25, 0.3) is 0 Å². The maximum Gasteiger partial charge on any atom is 0.348 e. The van der Waals surface area contributed by atoms with Crippen LogP contribution >= 0.6 is 0 Å². The van der Waals surface area contributed by atoms with E-state index in [1.54, 1.807) is 6.07 Å². The molecule has 0 aliphatic carbocycles. The van der Waals surface area contributed by atoms with Gasteiger partial charge in [0.2, 0.25) is 6.10 Å². The summed E-state index contributed by atoms with van der Waals surface area (Å²) in [6.07, 6.45) is -1.42. The van der Waals surface area contributed by atoms with Crippen LogP contribution in [0.4, 0.5) is 5.82 Å². The molecule has 2 aliphatic heterocycles. The molecule has 0 radical (unpaired) electrons. The molecule has 2 aliphatic rings. The Bertz CT molecular complexity index is 726. The lowest BCUT2D eigenvalue weighted by molar-refractivity contribution is -0.177. The van der Waals surface area contributed by atoms with E-state index >= 15 is 0 Å². The highest BCUT2D eigenvalue weighted by Crippen LogP contribution is 2.26. The molecule has 1 aromatic rings. The number of anilines is 1. The molecule has 0 bridgehead atoms. The molecule has 1 aromatic heterocycles. The Labute approximate surface area is 156 Å². The molecule has 3 heterocycles. The predicted molar refractivity (Wildman–Crippen MR) is 91.3 cm³/mol. The van der Waals surface area contributed by atoms with Gasteiger partial charge in [-0.1, -0.05) is 0 Å². The number of ether oxygens (including phenoxy) is 3. The first kappa shape index (κ1) is 19.3. The first-order chi connectivity index (χ1) is 12.9. The number of carbonyl (C=O) groups is 3. The second kappa shape index (κ2) is 8.05. The minimum absolute atomic E-state index is 0.116. The number of aryl methyl sites for hydroxylation is 1. The zero-order valence-electron chi connectivity index (χ0n) is 15.3. The van der Waals surface area contributed by atoms with E-state index in [0.717, 1.165) is 25.5 Å². The highest BCUT2D eigenvalue weighted by Gasteiger charge is 2.43. The minimum atomic E-state index is -1.70. The van der Waals surface area contributed by atoms with E-state index in [1.165, 1.54) is 4.90 Å². The third-order valence-electron chi connectivity index (χ3n) is 4.66. The molecule has 3 rings (SSSR count). The number of morpholine rings is 1. The summed E-state index contributed by atoms with van der Waals surface area (Å²) in [6, 6.07) is 1.99. The molecule has 27 heavy (non-hydrogen) atoms. The SMILES string of the molecule is CC(=O)O[C@@H](C(=O)O)C1OCCN(c2cc(C)n(C3CCOCC3)n2)C1=O. The molecule has 0 saturated carbocycles. The van der Waals surface area contributed by atoms with Crippen LogP contribution in [0.3, 0.4) is 0 Å². The highest BCUT2D eigenvalue weighted by atomic mass is 16.6.